The summed E-state index contributed by atoms with van der Waals surface area (Å²) in [5.74, 6) is -0.485. The van der Waals surface area contributed by atoms with Gasteiger partial charge in [-0.15, -0.1) is 0 Å². The number of nitrogen functional groups attached to an aromatic ring is 1. The predicted octanol–water partition coefficient (Wildman–Crippen LogP) is 1.76. The monoisotopic (exact) mass is 246 g/mol. The van der Waals surface area contributed by atoms with Gasteiger partial charge in [0.15, 0.2) is 0 Å². The Labute approximate surface area is 102 Å². The van der Waals surface area contributed by atoms with E-state index >= 15 is 0 Å². The van der Waals surface area contributed by atoms with Gasteiger partial charge in [-0.25, -0.2) is 0 Å². The number of carbonyl (C=O) groups is 1. The normalized spacial score (nSPS) is 10.0. The summed E-state index contributed by atoms with van der Waals surface area (Å²) in [6.07, 6.45) is 1.16. The van der Waals surface area contributed by atoms with Crippen LogP contribution in [0.4, 0.5) is 17.1 Å². The Balaban J connectivity index is 2.17. The van der Waals surface area contributed by atoms with Gasteiger partial charge in [0, 0.05) is 6.07 Å². The van der Waals surface area contributed by atoms with E-state index in [0.717, 1.165) is 12.3 Å². The number of rotatable bonds is 3. The average molecular weight is 246 g/mol. The van der Waals surface area contributed by atoms with E-state index in [1.54, 1.807) is 24.3 Å². The number of nitrogens with zero attached hydrogens (tertiary/aromatic N) is 1. The molecule has 0 spiro atoms. The summed E-state index contributed by atoms with van der Waals surface area (Å²) in [5, 5.41) is 13.0. The van der Waals surface area contributed by atoms with Crippen LogP contribution in [0.3, 0.4) is 0 Å². The molecule has 1 heterocycles. The molecule has 2 rings (SSSR count). The van der Waals surface area contributed by atoms with E-state index in [1.165, 1.54) is 0 Å². The number of carbonyl (C=O) groups excluding carboxylic acids is 1. The molecule has 0 saturated carbocycles. The number of hydrogen-bond acceptors (Lipinski definition) is 4. The van der Waals surface area contributed by atoms with Gasteiger partial charge in [0.05, 0.1) is 22.5 Å². The van der Waals surface area contributed by atoms with Crippen molar-refractivity contribution in [3.05, 3.63) is 52.3 Å². The zero-order chi connectivity index (χ0) is 13.1. The summed E-state index contributed by atoms with van der Waals surface area (Å²) in [6.45, 7) is 0. The molecule has 0 atom stereocenters. The molecule has 0 aliphatic heterocycles. The SMILES string of the molecule is Nc1ccccc1NC(=O)c1cc([N+](=O)[O-])c[nH]1. The number of anilines is 2. The number of para-hydroxylation sites is 2. The molecule has 1 amide bonds. The fraction of sp³-hybridized carbons (Fsp3) is 0. The van der Waals surface area contributed by atoms with Gasteiger partial charge >= 0.3 is 0 Å². The van der Waals surface area contributed by atoms with Crippen molar-refractivity contribution in [2.24, 2.45) is 0 Å². The third kappa shape index (κ3) is 2.29. The minimum Gasteiger partial charge on any atom is -0.397 e. The molecular formula is C11H10N4O3. The average Bonchev–Trinajstić information content (AvgIpc) is 2.81. The number of nitrogens with two attached hydrogens (primary N) is 1. The summed E-state index contributed by atoms with van der Waals surface area (Å²) in [6, 6.07) is 7.92. The minimum absolute atomic E-state index is 0.102. The number of hydrogen-bond donors (Lipinski definition) is 3. The Bertz CT molecular complexity index is 606. The highest BCUT2D eigenvalue weighted by Gasteiger charge is 2.14. The van der Waals surface area contributed by atoms with E-state index in [9.17, 15) is 14.9 Å². The van der Waals surface area contributed by atoms with Gasteiger partial charge in [-0.2, -0.15) is 0 Å². The van der Waals surface area contributed by atoms with Crippen molar-refractivity contribution >= 4 is 23.0 Å². The molecule has 18 heavy (non-hydrogen) atoms. The van der Waals surface area contributed by atoms with Crippen LogP contribution in [0.25, 0.3) is 0 Å². The number of nitro groups is 1. The number of benzene rings is 1. The third-order valence-corrected chi connectivity index (χ3v) is 2.33. The summed E-state index contributed by atoms with van der Waals surface area (Å²) in [4.78, 5) is 24.2. The number of amides is 1. The van der Waals surface area contributed by atoms with Crippen LogP contribution >= 0.6 is 0 Å². The molecule has 0 radical (unpaired) electrons. The second-order valence-electron chi connectivity index (χ2n) is 3.57. The van der Waals surface area contributed by atoms with Gasteiger partial charge in [-0.3, -0.25) is 14.9 Å². The smallest absolute Gasteiger partial charge is 0.287 e. The molecule has 92 valence electrons. The summed E-state index contributed by atoms with van der Waals surface area (Å²) in [7, 11) is 0. The zero-order valence-electron chi connectivity index (χ0n) is 9.21. The molecular weight excluding hydrogens is 236 g/mol. The minimum atomic E-state index is -0.579. The van der Waals surface area contributed by atoms with Gasteiger partial charge in [-0.05, 0) is 12.1 Å². The van der Waals surface area contributed by atoms with Crippen LogP contribution in [0.5, 0.6) is 0 Å². The van der Waals surface area contributed by atoms with Crippen LogP contribution in [-0.4, -0.2) is 15.8 Å². The maximum atomic E-state index is 11.8. The molecule has 0 saturated heterocycles. The van der Waals surface area contributed by atoms with Crippen LogP contribution in [0.15, 0.2) is 36.5 Å². The number of H-pyrrole nitrogens is 1. The molecule has 0 fully saturated rings. The van der Waals surface area contributed by atoms with Crippen molar-refractivity contribution in [1.29, 1.82) is 0 Å². The van der Waals surface area contributed by atoms with Crippen molar-refractivity contribution in [1.82, 2.24) is 4.98 Å². The molecule has 4 N–H and O–H groups in total. The lowest BCUT2D eigenvalue weighted by molar-refractivity contribution is -0.384. The van der Waals surface area contributed by atoms with Crippen LogP contribution in [-0.2, 0) is 0 Å². The molecule has 0 aliphatic carbocycles. The highest BCUT2D eigenvalue weighted by Crippen LogP contribution is 2.19. The fourth-order valence-electron chi connectivity index (χ4n) is 1.42. The van der Waals surface area contributed by atoms with Crippen molar-refractivity contribution in [2.45, 2.75) is 0 Å². The first-order valence-corrected chi connectivity index (χ1v) is 5.06. The standard InChI is InChI=1S/C11H10N4O3/c12-8-3-1-2-4-9(8)14-11(16)10-5-7(6-13-10)15(17)18/h1-6,13H,12H2,(H,14,16). The second kappa shape index (κ2) is 4.58. The Morgan fingerprint density at radius 2 is 2.11 bits per heavy atom. The van der Waals surface area contributed by atoms with E-state index in [0.29, 0.717) is 11.4 Å². The first-order chi connectivity index (χ1) is 8.58. The van der Waals surface area contributed by atoms with E-state index < -0.39 is 10.8 Å². The second-order valence-corrected chi connectivity index (χ2v) is 3.57. The lowest BCUT2D eigenvalue weighted by Crippen LogP contribution is -2.13. The topological polar surface area (TPSA) is 114 Å². The van der Waals surface area contributed by atoms with Gasteiger partial charge in [0.2, 0.25) is 0 Å². The van der Waals surface area contributed by atoms with Crippen LogP contribution in [0, 0.1) is 10.1 Å². The first kappa shape index (κ1) is 11.6. The maximum absolute atomic E-state index is 11.8. The summed E-state index contributed by atoms with van der Waals surface area (Å²) < 4.78 is 0. The van der Waals surface area contributed by atoms with Gasteiger partial charge in [0.25, 0.3) is 11.6 Å². The molecule has 1 aromatic heterocycles. The van der Waals surface area contributed by atoms with E-state index in [2.05, 4.69) is 10.3 Å². The lowest BCUT2D eigenvalue weighted by atomic mass is 10.2. The number of aromatic amines is 1. The molecule has 1 aromatic carbocycles. The number of aromatic nitrogens is 1. The van der Waals surface area contributed by atoms with Crippen LogP contribution in [0.1, 0.15) is 10.5 Å². The Kier molecular flexibility index (Phi) is 2.96. The Morgan fingerprint density at radius 3 is 2.72 bits per heavy atom. The summed E-state index contributed by atoms with van der Waals surface area (Å²) >= 11 is 0. The maximum Gasteiger partial charge on any atom is 0.287 e. The van der Waals surface area contributed by atoms with E-state index in [-0.39, 0.29) is 11.4 Å². The quantitative estimate of drug-likeness (QED) is 0.434. The lowest BCUT2D eigenvalue weighted by Gasteiger charge is -2.05. The van der Waals surface area contributed by atoms with Crippen molar-refractivity contribution in [3.63, 3.8) is 0 Å². The van der Waals surface area contributed by atoms with Crippen molar-refractivity contribution in [2.75, 3.05) is 11.1 Å². The first-order valence-electron chi connectivity index (χ1n) is 5.06. The number of nitrogens with one attached hydrogen (secondary N) is 2. The summed E-state index contributed by atoms with van der Waals surface area (Å²) in [5.41, 5.74) is 6.48. The molecule has 0 aliphatic rings. The highest BCUT2D eigenvalue weighted by atomic mass is 16.6. The highest BCUT2D eigenvalue weighted by molar-refractivity contribution is 6.04. The third-order valence-electron chi connectivity index (χ3n) is 2.33. The van der Waals surface area contributed by atoms with Crippen LogP contribution < -0.4 is 11.1 Å². The molecule has 2 aromatic rings. The van der Waals surface area contributed by atoms with E-state index in [1.807, 2.05) is 0 Å². The Morgan fingerprint density at radius 1 is 1.39 bits per heavy atom. The molecule has 7 nitrogen and oxygen atoms in total. The van der Waals surface area contributed by atoms with Crippen molar-refractivity contribution < 1.29 is 9.72 Å². The molecule has 7 heteroatoms. The van der Waals surface area contributed by atoms with Gasteiger partial charge < -0.3 is 16.0 Å². The zero-order valence-corrected chi connectivity index (χ0v) is 9.21. The Hall–Kier alpha value is -2.83. The predicted molar refractivity (Wildman–Crippen MR) is 66.3 cm³/mol. The van der Waals surface area contributed by atoms with Crippen molar-refractivity contribution in [3.8, 4) is 0 Å². The van der Waals surface area contributed by atoms with E-state index in [4.69, 9.17) is 5.73 Å². The molecule has 0 unspecified atom stereocenters. The largest absolute Gasteiger partial charge is 0.397 e. The fourth-order valence-corrected chi connectivity index (χ4v) is 1.42. The van der Waals surface area contributed by atoms with Gasteiger partial charge in [-0.1, -0.05) is 12.1 Å². The van der Waals surface area contributed by atoms with Gasteiger partial charge in [0.1, 0.15) is 5.69 Å². The molecule has 0 bridgehead atoms. The van der Waals surface area contributed by atoms with Crippen LogP contribution in [0.2, 0.25) is 0 Å².